The molecule has 15 aromatic rings. The highest BCUT2D eigenvalue weighted by Crippen LogP contribution is 2.47. The van der Waals surface area contributed by atoms with Gasteiger partial charge in [-0.2, -0.15) is 4.57 Å². The van der Waals surface area contributed by atoms with Crippen molar-refractivity contribution < 1.29 is 8.98 Å². The van der Waals surface area contributed by atoms with E-state index in [0.717, 1.165) is 55.3 Å². The fourth-order valence-corrected chi connectivity index (χ4v) is 13.0. The minimum atomic E-state index is 0.151. The second kappa shape index (κ2) is 16.9. The van der Waals surface area contributed by atoms with Gasteiger partial charge in [0.15, 0.2) is 35.4 Å². The maximum atomic E-state index is 7.11. The van der Waals surface area contributed by atoms with E-state index in [9.17, 15) is 0 Å². The number of para-hydroxylation sites is 3. The van der Waals surface area contributed by atoms with Crippen LogP contribution in [0.25, 0.3) is 137 Å². The molecule has 1 atom stereocenters. The van der Waals surface area contributed by atoms with Gasteiger partial charge in [-0.05, 0) is 94.0 Å². The largest absolute Gasteiger partial charge is 0.453 e. The number of rotatable bonds is 7. The van der Waals surface area contributed by atoms with E-state index < -0.39 is 0 Å². The van der Waals surface area contributed by atoms with Crippen LogP contribution in [-0.4, -0.2) is 19.5 Å². The van der Waals surface area contributed by atoms with Crippen molar-refractivity contribution in [3.05, 3.63) is 260 Å². The summed E-state index contributed by atoms with van der Waals surface area (Å²) in [6, 6.07) is 84.8. The van der Waals surface area contributed by atoms with Crippen molar-refractivity contribution in [1.29, 1.82) is 0 Å². The maximum absolute atomic E-state index is 7.11. The highest BCUT2D eigenvalue weighted by Gasteiger charge is 2.35. The van der Waals surface area contributed by atoms with Crippen LogP contribution in [0.2, 0.25) is 0 Å². The zero-order chi connectivity index (χ0) is 49.8. The molecule has 1 unspecified atom stereocenters. The molecule has 0 fully saturated rings. The summed E-state index contributed by atoms with van der Waals surface area (Å²) in [6.45, 7) is 0. The van der Waals surface area contributed by atoms with Crippen LogP contribution in [0.4, 0.5) is 0 Å². The molecule has 5 heterocycles. The number of fused-ring (bicyclic) bond motifs is 12. The molecule has 10 aromatic carbocycles. The molecule has 7 heteroatoms. The lowest BCUT2D eigenvalue weighted by atomic mass is 9.96. The minimum absolute atomic E-state index is 0.151. The summed E-state index contributed by atoms with van der Waals surface area (Å²) >= 11 is 1.86. The number of benzene rings is 10. The number of hydrogen-bond donors (Lipinski definition) is 0. The Kier molecular flexibility index (Phi) is 9.47. The van der Waals surface area contributed by atoms with Crippen LogP contribution in [-0.2, 0) is 0 Å². The Morgan fingerprint density at radius 2 is 0.882 bits per heavy atom. The summed E-state index contributed by atoms with van der Waals surface area (Å²) in [5.74, 6) is 1.77. The summed E-state index contributed by atoms with van der Waals surface area (Å²) in [7, 11) is 0. The SMILES string of the molecule is c1ccc(-c2nc(-c3ccccc3)nc(-c3cccc4c3oc3c(-n5c6ccccc6c6cc(-c7ccc8sc9ccc(-c%10ccc%11c(c%10)-c%10ccccc%10C%11[n+]%10ccccc%10)cc9c8c7)ccc65)cccc34)n2)cc1. The molecular formula is C69H42N5OS+. The van der Waals surface area contributed by atoms with Gasteiger partial charge < -0.3 is 8.98 Å². The molecule has 0 saturated heterocycles. The molecule has 76 heavy (non-hydrogen) atoms. The van der Waals surface area contributed by atoms with E-state index in [2.05, 4.69) is 191 Å². The smallest absolute Gasteiger partial charge is 0.210 e. The van der Waals surface area contributed by atoms with Gasteiger partial charge in [0, 0.05) is 76.1 Å². The molecule has 6 nitrogen and oxygen atoms in total. The van der Waals surface area contributed by atoms with E-state index in [1.807, 2.05) is 78.1 Å². The first-order valence-corrected chi connectivity index (χ1v) is 26.5. The molecule has 0 amide bonds. The lowest BCUT2D eigenvalue weighted by molar-refractivity contribution is -0.704. The third kappa shape index (κ3) is 6.66. The monoisotopic (exact) mass is 988 g/mol. The average molecular weight is 989 g/mol. The number of aromatic nitrogens is 5. The van der Waals surface area contributed by atoms with E-state index in [1.165, 1.54) is 75.5 Å². The van der Waals surface area contributed by atoms with E-state index in [-0.39, 0.29) is 6.04 Å². The molecule has 0 aliphatic heterocycles. The van der Waals surface area contributed by atoms with Crippen molar-refractivity contribution in [2.75, 3.05) is 0 Å². The van der Waals surface area contributed by atoms with Gasteiger partial charge in [-0.3, -0.25) is 0 Å². The first kappa shape index (κ1) is 42.7. The van der Waals surface area contributed by atoms with Gasteiger partial charge in [0.25, 0.3) is 0 Å². The van der Waals surface area contributed by atoms with Gasteiger partial charge in [-0.25, -0.2) is 15.0 Å². The minimum Gasteiger partial charge on any atom is -0.453 e. The van der Waals surface area contributed by atoms with Crippen LogP contribution in [0, 0.1) is 0 Å². The number of thiophene rings is 1. The third-order valence-electron chi connectivity index (χ3n) is 15.4. The van der Waals surface area contributed by atoms with E-state index in [1.54, 1.807) is 0 Å². The van der Waals surface area contributed by atoms with Crippen LogP contribution in [0.3, 0.4) is 0 Å². The predicted molar refractivity (Wildman–Crippen MR) is 311 cm³/mol. The van der Waals surface area contributed by atoms with Crippen LogP contribution in [0.15, 0.2) is 253 Å². The lowest BCUT2D eigenvalue weighted by Crippen LogP contribution is -2.38. The maximum Gasteiger partial charge on any atom is 0.210 e. The van der Waals surface area contributed by atoms with Crippen molar-refractivity contribution >= 4 is 75.3 Å². The van der Waals surface area contributed by atoms with Gasteiger partial charge in [-0.15, -0.1) is 11.3 Å². The molecule has 1 aliphatic carbocycles. The summed E-state index contributed by atoms with van der Waals surface area (Å²) < 4.78 is 14.4. The highest BCUT2D eigenvalue weighted by molar-refractivity contribution is 7.25. The van der Waals surface area contributed by atoms with Gasteiger partial charge >= 0.3 is 0 Å². The first-order chi connectivity index (χ1) is 37.7. The first-order valence-electron chi connectivity index (χ1n) is 25.7. The Hall–Kier alpha value is -9.82. The van der Waals surface area contributed by atoms with Crippen molar-refractivity contribution in [2.45, 2.75) is 6.04 Å². The van der Waals surface area contributed by atoms with Crippen LogP contribution >= 0.6 is 11.3 Å². The topological polar surface area (TPSA) is 60.6 Å². The normalized spacial score (nSPS) is 13.1. The summed E-state index contributed by atoms with van der Waals surface area (Å²) in [6.07, 6.45) is 4.35. The second-order valence-corrected chi connectivity index (χ2v) is 20.8. The predicted octanol–water partition coefficient (Wildman–Crippen LogP) is 17.5. The fraction of sp³-hybridized carbons (Fsp3) is 0.0145. The molecule has 354 valence electrons. The quantitative estimate of drug-likeness (QED) is 0.149. The zero-order valence-electron chi connectivity index (χ0n) is 40.8. The van der Waals surface area contributed by atoms with E-state index >= 15 is 0 Å². The highest BCUT2D eigenvalue weighted by atomic mass is 32.1. The van der Waals surface area contributed by atoms with Gasteiger partial charge in [0.1, 0.15) is 5.58 Å². The van der Waals surface area contributed by atoms with Crippen molar-refractivity contribution in [3.63, 3.8) is 0 Å². The molecular weight excluding hydrogens is 947 g/mol. The summed E-state index contributed by atoms with van der Waals surface area (Å²) in [4.78, 5) is 15.1. The molecule has 5 aromatic heterocycles. The number of hydrogen-bond acceptors (Lipinski definition) is 5. The third-order valence-corrected chi connectivity index (χ3v) is 16.6. The standard InChI is InChI=1S/C69H42N5OS/c1-4-16-42(17-5-1)67-70-68(43-18-6-2-7-19-43)72-69(71-67)54-25-14-23-52-53-24-15-27-61(66(53)75-65(52)54)74-59-26-11-10-21-49(59)56-39-45(29-33-60(56)74)47-31-35-63-58(41-47)57-40-46(30-34-62(57)76-63)44-28-32-51-55(38-44)48-20-8-9-22-50(48)64(51)73-36-12-3-13-37-73/h1-41,64H/q+1. The second-order valence-electron chi connectivity index (χ2n) is 19.7. The van der Waals surface area contributed by atoms with Crippen LogP contribution < -0.4 is 4.57 Å². The van der Waals surface area contributed by atoms with Gasteiger partial charge in [0.05, 0.1) is 22.3 Å². The van der Waals surface area contributed by atoms with Crippen molar-refractivity contribution in [3.8, 4) is 73.2 Å². The van der Waals surface area contributed by atoms with Crippen molar-refractivity contribution in [2.24, 2.45) is 0 Å². The van der Waals surface area contributed by atoms with Crippen LogP contribution in [0.1, 0.15) is 17.2 Å². The number of nitrogens with zero attached hydrogens (tertiary/aromatic N) is 5. The number of furan rings is 1. The Morgan fingerprint density at radius 3 is 1.62 bits per heavy atom. The average Bonchev–Trinajstić information content (AvgIpc) is 4.29. The molecule has 0 radical (unpaired) electrons. The zero-order valence-corrected chi connectivity index (χ0v) is 41.6. The van der Waals surface area contributed by atoms with Gasteiger partial charge in [-0.1, -0.05) is 164 Å². The molecule has 16 rings (SSSR count). The lowest BCUT2D eigenvalue weighted by Gasteiger charge is -2.10. The molecule has 0 saturated carbocycles. The Labute approximate surface area is 440 Å². The van der Waals surface area contributed by atoms with Gasteiger partial charge in [0.2, 0.25) is 6.04 Å². The van der Waals surface area contributed by atoms with E-state index in [4.69, 9.17) is 19.4 Å². The summed E-state index contributed by atoms with van der Waals surface area (Å²) in [5.41, 5.74) is 17.4. The van der Waals surface area contributed by atoms with Crippen LogP contribution in [0.5, 0.6) is 0 Å². The molecule has 0 bridgehead atoms. The Balaban J connectivity index is 0.797. The molecule has 1 aliphatic rings. The van der Waals surface area contributed by atoms with Crippen molar-refractivity contribution in [1.82, 2.24) is 19.5 Å². The Morgan fingerprint density at radius 1 is 0.355 bits per heavy atom. The number of pyridine rings is 1. The summed E-state index contributed by atoms with van der Waals surface area (Å²) in [5, 5.41) is 6.93. The molecule has 0 spiro atoms. The molecule has 0 N–H and O–H groups in total. The fourth-order valence-electron chi connectivity index (χ4n) is 11.9. The van der Waals surface area contributed by atoms with E-state index in [0.29, 0.717) is 17.5 Å². The Bertz CT molecular complexity index is 4770.